The highest BCUT2D eigenvalue weighted by Gasteiger charge is 2.24. The van der Waals surface area contributed by atoms with E-state index in [1.807, 2.05) is 68.1 Å². The SMILES string of the molecule is Cc1ccc(OCC(=O)N2CCN(C(=O)CCCOc3ccccc3C)CC2)c(C)c1. The van der Waals surface area contributed by atoms with Crippen LogP contribution in [0.3, 0.4) is 0 Å². The summed E-state index contributed by atoms with van der Waals surface area (Å²) >= 11 is 0. The van der Waals surface area contributed by atoms with E-state index in [2.05, 4.69) is 0 Å². The van der Waals surface area contributed by atoms with Gasteiger partial charge >= 0.3 is 0 Å². The number of hydrogen-bond acceptors (Lipinski definition) is 4. The third-order valence-corrected chi connectivity index (χ3v) is 5.55. The molecule has 2 aromatic carbocycles. The minimum atomic E-state index is -0.0429. The van der Waals surface area contributed by atoms with Crippen LogP contribution in [0.1, 0.15) is 29.5 Å². The van der Waals surface area contributed by atoms with Gasteiger partial charge in [0.05, 0.1) is 6.61 Å². The van der Waals surface area contributed by atoms with Crippen molar-refractivity contribution in [2.45, 2.75) is 33.6 Å². The van der Waals surface area contributed by atoms with Crippen molar-refractivity contribution in [1.29, 1.82) is 0 Å². The van der Waals surface area contributed by atoms with E-state index in [-0.39, 0.29) is 18.4 Å². The first kappa shape index (κ1) is 22.7. The summed E-state index contributed by atoms with van der Waals surface area (Å²) in [6, 6.07) is 13.8. The van der Waals surface area contributed by atoms with Gasteiger partial charge in [0.1, 0.15) is 11.5 Å². The molecule has 1 fully saturated rings. The van der Waals surface area contributed by atoms with Crippen molar-refractivity contribution in [3.63, 3.8) is 0 Å². The Hall–Kier alpha value is -3.02. The summed E-state index contributed by atoms with van der Waals surface area (Å²) in [5.74, 6) is 1.68. The molecule has 0 saturated carbocycles. The van der Waals surface area contributed by atoms with Gasteiger partial charge in [-0.15, -0.1) is 0 Å². The molecule has 31 heavy (non-hydrogen) atoms. The van der Waals surface area contributed by atoms with Crippen molar-refractivity contribution >= 4 is 11.8 Å². The second-order valence-electron chi connectivity index (χ2n) is 8.04. The molecule has 1 saturated heterocycles. The molecule has 0 aliphatic carbocycles. The summed E-state index contributed by atoms with van der Waals surface area (Å²) < 4.78 is 11.5. The predicted molar refractivity (Wildman–Crippen MR) is 120 cm³/mol. The number of aryl methyl sites for hydroxylation is 3. The summed E-state index contributed by atoms with van der Waals surface area (Å²) in [5, 5.41) is 0. The maximum absolute atomic E-state index is 12.5. The first-order valence-electron chi connectivity index (χ1n) is 10.9. The molecular formula is C25H32N2O4. The fourth-order valence-electron chi connectivity index (χ4n) is 3.68. The second-order valence-corrected chi connectivity index (χ2v) is 8.04. The minimum absolute atomic E-state index is 0.0219. The van der Waals surface area contributed by atoms with Crippen LogP contribution in [-0.4, -0.2) is 61.0 Å². The fraction of sp³-hybridized carbons (Fsp3) is 0.440. The highest BCUT2D eigenvalue weighted by atomic mass is 16.5. The first-order valence-corrected chi connectivity index (χ1v) is 10.9. The summed E-state index contributed by atoms with van der Waals surface area (Å²) in [5.41, 5.74) is 3.28. The summed E-state index contributed by atoms with van der Waals surface area (Å²) in [7, 11) is 0. The van der Waals surface area contributed by atoms with E-state index in [9.17, 15) is 9.59 Å². The summed E-state index contributed by atoms with van der Waals surface area (Å²) in [4.78, 5) is 28.6. The lowest BCUT2D eigenvalue weighted by atomic mass is 10.1. The minimum Gasteiger partial charge on any atom is -0.493 e. The highest BCUT2D eigenvalue weighted by Crippen LogP contribution is 2.19. The number of nitrogens with zero attached hydrogens (tertiary/aromatic N) is 2. The average Bonchev–Trinajstić information content (AvgIpc) is 2.77. The molecule has 6 heteroatoms. The smallest absolute Gasteiger partial charge is 0.260 e. The average molecular weight is 425 g/mol. The molecule has 6 nitrogen and oxygen atoms in total. The van der Waals surface area contributed by atoms with Crippen molar-refractivity contribution in [3.05, 3.63) is 59.2 Å². The Labute approximate surface area is 184 Å². The molecular weight excluding hydrogens is 392 g/mol. The maximum Gasteiger partial charge on any atom is 0.260 e. The van der Waals surface area contributed by atoms with E-state index in [0.717, 1.165) is 22.6 Å². The van der Waals surface area contributed by atoms with Gasteiger partial charge in [0.15, 0.2) is 6.61 Å². The van der Waals surface area contributed by atoms with Gasteiger partial charge in [0, 0.05) is 32.6 Å². The van der Waals surface area contributed by atoms with Crippen LogP contribution >= 0.6 is 0 Å². The Kier molecular flexibility index (Phi) is 7.93. The van der Waals surface area contributed by atoms with E-state index < -0.39 is 0 Å². The van der Waals surface area contributed by atoms with Crippen molar-refractivity contribution in [2.24, 2.45) is 0 Å². The number of para-hydroxylation sites is 1. The number of benzene rings is 2. The molecule has 3 rings (SSSR count). The molecule has 0 unspecified atom stereocenters. The Morgan fingerprint density at radius 3 is 2.13 bits per heavy atom. The molecule has 2 amide bonds. The predicted octanol–water partition coefficient (Wildman–Crippen LogP) is 3.52. The molecule has 0 N–H and O–H groups in total. The lowest BCUT2D eigenvalue weighted by molar-refractivity contribution is -0.140. The van der Waals surface area contributed by atoms with Crippen LogP contribution in [0.2, 0.25) is 0 Å². The zero-order chi connectivity index (χ0) is 22.2. The van der Waals surface area contributed by atoms with Crippen LogP contribution < -0.4 is 9.47 Å². The molecule has 1 aliphatic rings. The molecule has 0 bridgehead atoms. The molecule has 1 heterocycles. The van der Waals surface area contributed by atoms with Gasteiger partial charge in [-0.05, 0) is 50.5 Å². The number of carbonyl (C=O) groups excluding carboxylic acids is 2. The van der Waals surface area contributed by atoms with Gasteiger partial charge in [-0.2, -0.15) is 0 Å². The van der Waals surface area contributed by atoms with Gasteiger partial charge in [-0.1, -0.05) is 35.9 Å². The second kappa shape index (κ2) is 10.8. The van der Waals surface area contributed by atoms with Gasteiger partial charge in [-0.25, -0.2) is 0 Å². The van der Waals surface area contributed by atoms with E-state index in [0.29, 0.717) is 45.6 Å². The van der Waals surface area contributed by atoms with Crippen LogP contribution in [0.4, 0.5) is 0 Å². The molecule has 0 radical (unpaired) electrons. The van der Waals surface area contributed by atoms with Crippen LogP contribution in [0.5, 0.6) is 11.5 Å². The lowest BCUT2D eigenvalue weighted by Crippen LogP contribution is -2.51. The highest BCUT2D eigenvalue weighted by molar-refractivity contribution is 5.79. The maximum atomic E-state index is 12.5. The van der Waals surface area contributed by atoms with E-state index in [1.54, 1.807) is 4.90 Å². The molecule has 166 valence electrons. The first-order chi connectivity index (χ1) is 14.9. The van der Waals surface area contributed by atoms with Crippen molar-refractivity contribution in [2.75, 3.05) is 39.4 Å². The number of rotatable bonds is 8. The topological polar surface area (TPSA) is 59.1 Å². The Morgan fingerprint density at radius 1 is 0.806 bits per heavy atom. The Morgan fingerprint density at radius 2 is 1.45 bits per heavy atom. The van der Waals surface area contributed by atoms with Crippen LogP contribution in [-0.2, 0) is 9.59 Å². The van der Waals surface area contributed by atoms with Crippen molar-refractivity contribution in [3.8, 4) is 11.5 Å². The van der Waals surface area contributed by atoms with Crippen LogP contribution in [0.15, 0.2) is 42.5 Å². The number of hydrogen-bond donors (Lipinski definition) is 0. The van der Waals surface area contributed by atoms with Gasteiger partial charge in [0.2, 0.25) is 5.91 Å². The van der Waals surface area contributed by atoms with Gasteiger partial charge in [0.25, 0.3) is 5.91 Å². The molecule has 0 atom stereocenters. The largest absolute Gasteiger partial charge is 0.493 e. The van der Waals surface area contributed by atoms with Crippen LogP contribution in [0, 0.1) is 20.8 Å². The van der Waals surface area contributed by atoms with E-state index >= 15 is 0 Å². The molecule has 1 aliphatic heterocycles. The number of carbonyl (C=O) groups is 2. The van der Waals surface area contributed by atoms with Gasteiger partial charge in [-0.3, -0.25) is 9.59 Å². The fourth-order valence-corrected chi connectivity index (χ4v) is 3.68. The number of ether oxygens (including phenoxy) is 2. The third kappa shape index (κ3) is 6.48. The van der Waals surface area contributed by atoms with E-state index in [1.165, 1.54) is 5.56 Å². The summed E-state index contributed by atoms with van der Waals surface area (Å²) in [6.07, 6.45) is 1.13. The van der Waals surface area contributed by atoms with Crippen molar-refractivity contribution < 1.29 is 19.1 Å². The van der Waals surface area contributed by atoms with Crippen molar-refractivity contribution in [1.82, 2.24) is 9.80 Å². The monoisotopic (exact) mass is 424 g/mol. The zero-order valence-electron chi connectivity index (χ0n) is 18.7. The molecule has 0 spiro atoms. The quantitative estimate of drug-likeness (QED) is 0.609. The Balaban J connectivity index is 1.35. The number of amides is 2. The zero-order valence-corrected chi connectivity index (χ0v) is 18.7. The molecule has 2 aromatic rings. The standard InChI is InChI=1S/C25H32N2O4/c1-19-10-11-23(21(3)17-19)31-18-25(29)27-14-12-26(13-15-27)24(28)9-6-16-30-22-8-5-4-7-20(22)2/h4-5,7-8,10-11,17H,6,9,12-16,18H2,1-3H3. The normalized spacial score (nSPS) is 13.8. The Bertz CT molecular complexity index is 904. The van der Waals surface area contributed by atoms with Gasteiger partial charge < -0.3 is 19.3 Å². The van der Waals surface area contributed by atoms with Crippen LogP contribution in [0.25, 0.3) is 0 Å². The number of piperazine rings is 1. The van der Waals surface area contributed by atoms with E-state index in [4.69, 9.17) is 9.47 Å². The lowest BCUT2D eigenvalue weighted by Gasteiger charge is -2.34. The molecule has 0 aromatic heterocycles. The summed E-state index contributed by atoms with van der Waals surface area (Å²) in [6.45, 7) is 8.76. The third-order valence-electron chi connectivity index (χ3n) is 5.55.